The minimum Gasteiger partial charge on any atom is -0.435 e. The van der Waals surface area contributed by atoms with Crippen molar-refractivity contribution >= 4 is 5.91 Å². The molecule has 1 rings (SSSR count). The van der Waals surface area contributed by atoms with Crippen LogP contribution in [0.1, 0.15) is 18.4 Å². The van der Waals surface area contributed by atoms with Gasteiger partial charge in [-0.1, -0.05) is 12.1 Å². The molecule has 0 aliphatic rings. The molecule has 1 aromatic carbocycles. The second-order valence-corrected chi connectivity index (χ2v) is 4.33. The van der Waals surface area contributed by atoms with Gasteiger partial charge in [0.15, 0.2) is 0 Å². The van der Waals surface area contributed by atoms with Crippen LogP contribution < -0.4 is 15.4 Å². The number of carbonyl (C=O) groups is 1. The van der Waals surface area contributed by atoms with Gasteiger partial charge in [0.2, 0.25) is 5.91 Å². The molecule has 0 bridgehead atoms. The van der Waals surface area contributed by atoms with E-state index in [1.54, 1.807) is 12.1 Å². The van der Waals surface area contributed by atoms with Gasteiger partial charge in [0, 0.05) is 13.0 Å². The molecule has 0 heterocycles. The van der Waals surface area contributed by atoms with Crippen molar-refractivity contribution in [1.82, 2.24) is 10.6 Å². The van der Waals surface area contributed by atoms with Crippen LogP contribution in [0.3, 0.4) is 0 Å². The predicted octanol–water partition coefficient (Wildman–Crippen LogP) is 1.95. The van der Waals surface area contributed by atoms with Crippen LogP contribution in [-0.2, 0) is 11.2 Å². The van der Waals surface area contributed by atoms with Gasteiger partial charge in [0.05, 0.1) is 0 Å². The molecule has 1 amide bonds. The number of carbonyl (C=O) groups excluding carboxylic acids is 1. The topological polar surface area (TPSA) is 50.4 Å². The Bertz CT molecular complexity index is 397. The Morgan fingerprint density at radius 1 is 1.25 bits per heavy atom. The average molecular weight is 286 g/mol. The molecule has 0 saturated carbocycles. The van der Waals surface area contributed by atoms with E-state index in [2.05, 4.69) is 15.4 Å². The summed E-state index contributed by atoms with van der Waals surface area (Å²) in [5, 5.41) is 5.80. The highest BCUT2D eigenvalue weighted by molar-refractivity contribution is 5.75. The van der Waals surface area contributed by atoms with Crippen LogP contribution in [0.4, 0.5) is 8.78 Å². The average Bonchev–Trinajstić information content (AvgIpc) is 2.40. The summed E-state index contributed by atoms with van der Waals surface area (Å²) in [6.07, 6.45) is 1.97. The number of hydrogen-bond donors (Lipinski definition) is 2. The summed E-state index contributed by atoms with van der Waals surface area (Å²) >= 11 is 0. The summed E-state index contributed by atoms with van der Waals surface area (Å²) in [5.74, 6) is 0.165. The third-order valence-corrected chi connectivity index (χ3v) is 2.71. The third kappa shape index (κ3) is 7.04. The molecular formula is C14H20F2N2O2. The number of ether oxygens (including phenoxy) is 1. The first-order valence-electron chi connectivity index (χ1n) is 6.57. The van der Waals surface area contributed by atoms with Gasteiger partial charge < -0.3 is 15.4 Å². The maximum Gasteiger partial charge on any atom is 0.387 e. The molecule has 0 fully saturated rings. The molecule has 0 atom stereocenters. The third-order valence-electron chi connectivity index (χ3n) is 2.71. The lowest BCUT2D eigenvalue weighted by Gasteiger charge is -2.07. The Morgan fingerprint density at radius 2 is 1.95 bits per heavy atom. The highest BCUT2D eigenvalue weighted by Crippen LogP contribution is 2.14. The van der Waals surface area contributed by atoms with E-state index >= 15 is 0 Å². The van der Waals surface area contributed by atoms with Gasteiger partial charge >= 0.3 is 6.61 Å². The second-order valence-electron chi connectivity index (χ2n) is 4.33. The summed E-state index contributed by atoms with van der Waals surface area (Å²) in [7, 11) is 1.85. The molecule has 1 aromatic rings. The fraction of sp³-hybridized carbons (Fsp3) is 0.500. The van der Waals surface area contributed by atoms with Crippen molar-refractivity contribution < 1.29 is 18.3 Å². The zero-order valence-electron chi connectivity index (χ0n) is 11.5. The lowest BCUT2D eigenvalue weighted by molar-refractivity contribution is -0.121. The Hall–Kier alpha value is -1.69. The molecule has 4 nitrogen and oxygen atoms in total. The monoisotopic (exact) mass is 286 g/mol. The molecule has 0 aromatic heterocycles. The van der Waals surface area contributed by atoms with Crippen LogP contribution in [0.2, 0.25) is 0 Å². The number of halogens is 2. The second kappa shape index (κ2) is 9.25. The Balaban J connectivity index is 2.23. The summed E-state index contributed by atoms with van der Waals surface area (Å²) < 4.78 is 28.2. The molecule has 112 valence electrons. The molecule has 2 N–H and O–H groups in total. The van der Waals surface area contributed by atoms with E-state index in [4.69, 9.17) is 0 Å². The fourth-order valence-electron chi connectivity index (χ4n) is 1.70. The van der Waals surface area contributed by atoms with E-state index in [1.165, 1.54) is 12.1 Å². The van der Waals surface area contributed by atoms with E-state index in [0.29, 0.717) is 19.4 Å². The summed E-state index contributed by atoms with van der Waals surface area (Å²) in [6.45, 7) is -1.45. The zero-order valence-corrected chi connectivity index (χ0v) is 11.5. The van der Waals surface area contributed by atoms with Crippen LogP contribution in [0.25, 0.3) is 0 Å². The molecule has 6 heteroatoms. The smallest absolute Gasteiger partial charge is 0.387 e. The van der Waals surface area contributed by atoms with Crippen LogP contribution in [0, 0.1) is 0 Å². The van der Waals surface area contributed by atoms with Crippen molar-refractivity contribution in [3.63, 3.8) is 0 Å². The molecule has 0 spiro atoms. The largest absolute Gasteiger partial charge is 0.435 e. The van der Waals surface area contributed by atoms with Gasteiger partial charge in [-0.15, -0.1) is 0 Å². The highest BCUT2D eigenvalue weighted by atomic mass is 19.3. The fourth-order valence-corrected chi connectivity index (χ4v) is 1.70. The summed E-state index contributed by atoms with van der Waals surface area (Å²) in [4.78, 5) is 11.4. The first kappa shape index (κ1) is 16.4. The maximum atomic E-state index is 12.0. The van der Waals surface area contributed by atoms with Crippen molar-refractivity contribution in [3.8, 4) is 5.75 Å². The van der Waals surface area contributed by atoms with Crippen molar-refractivity contribution in [3.05, 3.63) is 29.8 Å². The van der Waals surface area contributed by atoms with Gasteiger partial charge in [-0.05, 0) is 44.1 Å². The molecule has 0 aliphatic carbocycles. The zero-order chi connectivity index (χ0) is 14.8. The predicted molar refractivity (Wildman–Crippen MR) is 72.9 cm³/mol. The number of hydrogen-bond acceptors (Lipinski definition) is 3. The van der Waals surface area contributed by atoms with Gasteiger partial charge in [-0.2, -0.15) is 8.78 Å². The first-order chi connectivity index (χ1) is 9.61. The standard InChI is InChI=1S/C14H20F2N2O2/c1-17-9-2-3-13(19)18-10-8-11-4-6-12(7-5-11)20-14(15)16/h4-7,14,17H,2-3,8-10H2,1H3,(H,18,19). The first-order valence-corrected chi connectivity index (χ1v) is 6.57. The quantitative estimate of drug-likeness (QED) is 0.682. The maximum absolute atomic E-state index is 12.0. The van der Waals surface area contributed by atoms with Crippen molar-refractivity contribution in [1.29, 1.82) is 0 Å². The number of amides is 1. The van der Waals surface area contributed by atoms with E-state index in [1.807, 2.05) is 7.05 Å². The molecular weight excluding hydrogens is 266 g/mol. The summed E-state index contributed by atoms with van der Waals surface area (Å²) in [6, 6.07) is 6.42. The molecule has 0 radical (unpaired) electrons. The number of nitrogens with one attached hydrogen (secondary N) is 2. The normalized spacial score (nSPS) is 10.6. The van der Waals surface area contributed by atoms with Crippen molar-refractivity contribution in [2.45, 2.75) is 25.9 Å². The van der Waals surface area contributed by atoms with Crippen molar-refractivity contribution in [2.75, 3.05) is 20.1 Å². The van der Waals surface area contributed by atoms with Crippen molar-refractivity contribution in [2.24, 2.45) is 0 Å². The van der Waals surface area contributed by atoms with Crippen LogP contribution in [-0.4, -0.2) is 32.7 Å². The molecule has 20 heavy (non-hydrogen) atoms. The van der Waals surface area contributed by atoms with Crippen LogP contribution in [0.5, 0.6) is 5.75 Å². The Kier molecular flexibility index (Phi) is 7.57. The minimum atomic E-state index is -2.81. The van der Waals surface area contributed by atoms with E-state index < -0.39 is 6.61 Å². The molecule has 0 aliphatic heterocycles. The molecule has 0 unspecified atom stereocenters. The Labute approximate surface area is 117 Å². The van der Waals surface area contributed by atoms with Gasteiger partial charge in [-0.25, -0.2) is 0 Å². The van der Waals surface area contributed by atoms with Crippen LogP contribution >= 0.6 is 0 Å². The lowest BCUT2D eigenvalue weighted by Crippen LogP contribution is -2.26. The van der Waals surface area contributed by atoms with Gasteiger partial charge in [0.1, 0.15) is 5.75 Å². The summed E-state index contributed by atoms with van der Waals surface area (Å²) in [5.41, 5.74) is 0.960. The minimum absolute atomic E-state index is 0.0258. The Morgan fingerprint density at radius 3 is 2.55 bits per heavy atom. The van der Waals surface area contributed by atoms with E-state index in [-0.39, 0.29) is 11.7 Å². The highest BCUT2D eigenvalue weighted by Gasteiger charge is 2.04. The van der Waals surface area contributed by atoms with Gasteiger partial charge in [-0.3, -0.25) is 4.79 Å². The molecule has 0 saturated heterocycles. The van der Waals surface area contributed by atoms with E-state index in [0.717, 1.165) is 18.5 Å². The lowest BCUT2D eigenvalue weighted by atomic mass is 10.1. The van der Waals surface area contributed by atoms with E-state index in [9.17, 15) is 13.6 Å². The number of benzene rings is 1. The van der Waals surface area contributed by atoms with Crippen LogP contribution in [0.15, 0.2) is 24.3 Å². The number of alkyl halides is 2. The number of rotatable bonds is 9. The SMILES string of the molecule is CNCCCC(=O)NCCc1ccc(OC(F)F)cc1. The van der Waals surface area contributed by atoms with Gasteiger partial charge in [0.25, 0.3) is 0 Å².